The van der Waals surface area contributed by atoms with Crippen LogP contribution in [-0.2, 0) is 23.7 Å². The van der Waals surface area contributed by atoms with E-state index in [2.05, 4.69) is 225 Å². The summed E-state index contributed by atoms with van der Waals surface area (Å²) in [7, 11) is 0. The average molecular weight is 850 g/mol. The number of hydrogen-bond donors (Lipinski definition) is 0. The minimum absolute atomic E-state index is 0.0455. The van der Waals surface area contributed by atoms with Gasteiger partial charge < -0.3 is 19.1 Å². The molecule has 0 saturated carbocycles. The quantitative estimate of drug-likeness (QED) is 0.161. The molecular weight excluding hydrogens is 798 g/mol. The maximum Gasteiger partial charge on any atom is 0.264 e. The van der Waals surface area contributed by atoms with E-state index in [1.807, 2.05) is 0 Å². The first kappa shape index (κ1) is 39.1. The lowest BCUT2D eigenvalue weighted by molar-refractivity contribution is 0.590. The second-order valence-corrected chi connectivity index (χ2v) is 21.1. The number of benzene rings is 7. The highest BCUT2D eigenvalue weighted by atomic mass is 32.1. The molecule has 6 heteroatoms. The molecule has 1 aliphatic carbocycles. The Labute approximate surface area is 381 Å². The van der Waals surface area contributed by atoms with Crippen LogP contribution in [0.2, 0.25) is 0 Å². The summed E-state index contributed by atoms with van der Waals surface area (Å²) < 4.78 is 8.36. The number of nitrogens with zero attached hydrogens (tertiary/aromatic N) is 3. The molecule has 4 heterocycles. The van der Waals surface area contributed by atoms with E-state index >= 15 is 0 Å². The Morgan fingerprint density at radius 3 is 1.84 bits per heavy atom. The summed E-state index contributed by atoms with van der Waals surface area (Å²) in [4.78, 5) is 9.11. The van der Waals surface area contributed by atoms with Crippen molar-refractivity contribution in [3.63, 3.8) is 0 Å². The standard InChI is InChI=1S/C58H52BN3OS/c1-57(2,3)37-26-30-40(31-27-37)60(41-32-28-38(29-33-41)58(4,5)6)42-34-35-46-50(36-42)62(49-23-14-20-44-43-18-10-12-24-51(43)63-55(44)49)48-22-15-21-47-53(48)59(46)56-54(45-19-11-13-25-52(45)64-56)61(47)39-16-8-7-9-17-39/h7-10,12,14-18,20-24,26-36H,11,13,19,25H2,1-6H3. The van der Waals surface area contributed by atoms with E-state index in [1.165, 1.54) is 68.1 Å². The SMILES string of the molecule is CC(C)(C)c1ccc(N(c2ccc(C(C)(C)C)cc2)c2ccc3c(c2)N(c2cccc4c2oc2ccccc24)c2cccc4c2B3c2sc3c(c2N4c2ccccc2)CCCC3)cc1. The van der Waals surface area contributed by atoms with Crippen LogP contribution in [0.5, 0.6) is 0 Å². The van der Waals surface area contributed by atoms with Crippen molar-refractivity contribution in [3.05, 3.63) is 179 Å². The van der Waals surface area contributed by atoms with Crippen LogP contribution in [0.25, 0.3) is 21.9 Å². The van der Waals surface area contributed by atoms with Gasteiger partial charge >= 0.3 is 0 Å². The van der Waals surface area contributed by atoms with Gasteiger partial charge in [0.2, 0.25) is 0 Å². The molecule has 12 rings (SSSR count). The summed E-state index contributed by atoms with van der Waals surface area (Å²) in [5.74, 6) is 0. The van der Waals surface area contributed by atoms with Gasteiger partial charge in [0.25, 0.3) is 6.71 Å². The third-order valence-electron chi connectivity index (χ3n) is 13.9. The summed E-state index contributed by atoms with van der Waals surface area (Å²) in [5, 5.41) is 2.25. The highest BCUT2D eigenvalue weighted by Crippen LogP contribution is 2.50. The van der Waals surface area contributed by atoms with E-state index < -0.39 is 0 Å². The molecule has 9 aromatic rings. The highest BCUT2D eigenvalue weighted by Gasteiger charge is 2.46. The molecule has 2 aromatic heterocycles. The third-order valence-corrected chi connectivity index (χ3v) is 15.3. The van der Waals surface area contributed by atoms with Crippen molar-refractivity contribution in [1.82, 2.24) is 0 Å². The number of fused-ring (bicyclic) bond motifs is 9. The van der Waals surface area contributed by atoms with Crippen molar-refractivity contribution < 1.29 is 4.42 Å². The van der Waals surface area contributed by atoms with Gasteiger partial charge in [-0.1, -0.05) is 126 Å². The Hall–Kier alpha value is -6.50. The van der Waals surface area contributed by atoms with Crippen LogP contribution in [0.1, 0.15) is 76.0 Å². The normalized spacial score (nSPS) is 14.4. The van der Waals surface area contributed by atoms with E-state index in [4.69, 9.17) is 4.42 Å². The minimum atomic E-state index is 0.0455. The molecule has 4 nitrogen and oxygen atoms in total. The zero-order valence-electron chi connectivity index (χ0n) is 37.6. The molecule has 0 N–H and O–H groups in total. The minimum Gasteiger partial charge on any atom is -0.454 e. The van der Waals surface area contributed by atoms with Gasteiger partial charge in [0, 0.05) is 60.2 Å². The molecule has 7 aromatic carbocycles. The van der Waals surface area contributed by atoms with E-state index in [0.29, 0.717) is 0 Å². The van der Waals surface area contributed by atoms with E-state index in [1.54, 1.807) is 10.4 Å². The van der Waals surface area contributed by atoms with E-state index in [9.17, 15) is 0 Å². The van der Waals surface area contributed by atoms with Crippen LogP contribution < -0.4 is 30.4 Å². The Bertz CT molecular complexity index is 3200. The van der Waals surface area contributed by atoms with Gasteiger partial charge in [-0.05, 0) is 137 Å². The maximum absolute atomic E-state index is 6.90. The van der Waals surface area contributed by atoms with Gasteiger partial charge in [-0.15, -0.1) is 0 Å². The lowest BCUT2D eigenvalue weighted by Crippen LogP contribution is -2.60. The lowest BCUT2D eigenvalue weighted by atomic mass is 9.36. The number of furan rings is 1. The predicted molar refractivity (Wildman–Crippen MR) is 274 cm³/mol. The van der Waals surface area contributed by atoms with E-state index in [0.717, 1.165) is 57.5 Å². The molecule has 64 heavy (non-hydrogen) atoms. The fourth-order valence-corrected chi connectivity index (χ4v) is 12.2. The average Bonchev–Trinajstić information content (AvgIpc) is 3.88. The summed E-state index contributed by atoms with van der Waals surface area (Å²) in [6, 6.07) is 58.8. The number of thiophene rings is 1. The zero-order chi connectivity index (χ0) is 43.5. The van der Waals surface area contributed by atoms with Crippen LogP contribution in [0, 0.1) is 0 Å². The van der Waals surface area contributed by atoms with Crippen LogP contribution in [0.4, 0.5) is 51.2 Å². The van der Waals surface area contributed by atoms with Crippen LogP contribution in [-0.4, -0.2) is 6.71 Å². The smallest absolute Gasteiger partial charge is 0.264 e. The number of hydrogen-bond acceptors (Lipinski definition) is 5. The molecule has 3 aliphatic rings. The molecule has 0 bridgehead atoms. The molecule has 314 valence electrons. The first-order valence-corrected chi connectivity index (χ1v) is 23.8. The molecule has 0 amide bonds. The lowest BCUT2D eigenvalue weighted by Gasteiger charge is -2.43. The van der Waals surface area contributed by atoms with E-state index in [-0.39, 0.29) is 17.5 Å². The first-order valence-electron chi connectivity index (χ1n) is 23.0. The van der Waals surface area contributed by atoms with Crippen LogP contribution in [0.3, 0.4) is 0 Å². The summed E-state index contributed by atoms with van der Waals surface area (Å²) in [5.41, 5.74) is 19.4. The molecule has 0 fully saturated rings. The Balaban J connectivity index is 1.14. The monoisotopic (exact) mass is 849 g/mol. The van der Waals surface area contributed by atoms with Crippen molar-refractivity contribution in [1.29, 1.82) is 0 Å². The second kappa shape index (κ2) is 14.5. The number of para-hydroxylation sites is 3. The van der Waals surface area contributed by atoms with Crippen molar-refractivity contribution in [2.24, 2.45) is 0 Å². The molecule has 0 radical (unpaired) electrons. The fourth-order valence-electron chi connectivity index (χ4n) is 10.7. The van der Waals surface area contributed by atoms with Gasteiger partial charge in [-0.3, -0.25) is 0 Å². The van der Waals surface area contributed by atoms with Gasteiger partial charge in [0.05, 0.1) is 11.4 Å². The molecule has 0 spiro atoms. The fraction of sp³-hybridized carbons (Fsp3) is 0.207. The van der Waals surface area contributed by atoms with Crippen molar-refractivity contribution >= 4 is 107 Å². The van der Waals surface area contributed by atoms with Crippen LogP contribution >= 0.6 is 11.3 Å². The zero-order valence-corrected chi connectivity index (χ0v) is 38.4. The third kappa shape index (κ3) is 6.09. The largest absolute Gasteiger partial charge is 0.454 e. The Kier molecular flexibility index (Phi) is 8.87. The second-order valence-electron chi connectivity index (χ2n) is 20.0. The Morgan fingerprint density at radius 1 is 0.547 bits per heavy atom. The molecular formula is C58H52BN3OS. The summed E-state index contributed by atoms with van der Waals surface area (Å²) in [6.07, 6.45) is 4.75. The Morgan fingerprint density at radius 2 is 1.14 bits per heavy atom. The number of anilines is 9. The van der Waals surface area contributed by atoms with Crippen LogP contribution in [0.15, 0.2) is 162 Å². The van der Waals surface area contributed by atoms with Crippen molar-refractivity contribution in [2.45, 2.75) is 78.1 Å². The predicted octanol–water partition coefficient (Wildman–Crippen LogP) is 14.7. The van der Waals surface area contributed by atoms with Gasteiger partial charge in [0.15, 0.2) is 5.58 Å². The maximum atomic E-state index is 6.90. The van der Waals surface area contributed by atoms with Gasteiger partial charge in [-0.25, -0.2) is 0 Å². The van der Waals surface area contributed by atoms with Gasteiger partial charge in [0.1, 0.15) is 5.58 Å². The number of aryl methyl sites for hydroxylation is 1. The molecule has 0 unspecified atom stereocenters. The first-order chi connectivity index (χ1) is 31.0. The highest BCUT2D eigenvalue weighted by molar-refractivity contribution is 7.29. The number of rotatable bonds is 5. The topological polar surface area (TPSA) is 22.9 Å². The summed E-state index contributed by atoms with van der Waals surface area (Å²) >= 11 is 2.06. The molecule has 0 saturated heterocycles. The van der Waals surface area contributed by atoms with Crippen molar-refractivity contribution in [3.8, 4) is 0 Å². The molecule has 0 atom stereocenters. The van der Waals surface area contributed by atoms with Gasteiger partial charge in [-0.2, -0.15) is 11.3 Å². The summed E-state index contributed by atoms with van der Waals surface area (Å²) in [6.45, 7) is 13.8. The molecule has 2 aliphatic heterocycles. The van der Waals surface area contributed by atoms with Crippen molar-refractivity contribution in [2.75, 3.05) is 14.7 Å².